The van der Waals surface area contributed by atoms with Crippen molar-refractivity contribution in [2.75, 3.05) is 4.72 Å². The molecule has 3 aromatic carbocycles. The maximum absolute atomic E-state index is 13.2. The number of sulfonamides is 1. The van der Waals surface area contributed by atoms with Gasteiger partial charge in [0.2, 0.25) is 0 Å². The van der Waals surface area contributed by atoms with E-state index in [9.17, 15) is 17.6 Å². The summed E-state index contributed by atoms with van der Waals surface area (Å²) in [6, 6.07) is 17.7. The quantitative estimate of drug-likeness (QED) is 0.629. The van der Waals surface area contributed by atoms with Crippen LogP contribution in [0, 0.1) is 5.82 Å². The fourth-order valence-electron chi connectivity index (χ4n) is 2.48. The van der Waals surface area contributed by atoms with Crippen LogP contribution in [0.2, 0.25) is 5.02 Å². The zero-order valence-electron chi connectivity index (χ0n) is 14.5. The van der Waals surface area contributed by atoms with Crippen molar-refractivity contribution in [3.63, 3.8) is 0 Å². The summed E-state index contributed by atoms with van der Waals surface area (Å²) >= 11 is 5.78. The summed E-state index contributed by atoms with van der Waals surface area (Å²) in [6.07, 6.45) is 0. The number of rotatable bonds is 6. The number of halogens is 2. The van der Waals surface area contributed by atoms with E-state index in [4.69, 9.17) is 11.6 Å². The minimum Gasteiger partial charge on any atom is -0.348 e. The fraction of sp³-hybridized carbons (Fsp3) is 0.0500. The molecule has 3 aromatic rings. The van der Waals surface area contributed by atoms with Gasteiger partial charge in [0.15, 0.2) is 0 Å². The van der Waals surface area contributed by atoms with Gasteiger partial charge in [-0.1, -0.05) is 29.8 Å². The van der Waals surface area contributed by atoms with E-state index in [1.807, 2.05) is 0 Å². The Kier molecular flexibility index (Phi) is 5.96. The molecule has 0 radical (unpaired) electrons. The predicted molar refractivity (Wildman–Crippen MR) is 106 cm³/mol. The molecule has 0 aliphatic rings. The lowest BCUT2D eigenvalue weighted by Gasteiger charge is -2.10. The second-order valence-corrected chi connectivity index (χ2v) is 8.07. The molecular formula is C20H16ClFN2O3S. The van der Waals surface area contributed by atoms with E-state index in [0.29, 0.717) is 10.6 Å². The lowest BCUT2D eigenvalue weighted by atomic mass is 10.1. The largest absolute Gasteiger partial charge is 0.348 e. The zero-order chi connectivity index (χ0) is 20.1. The molecule has 0 atom stereocenters. The molecule has 0 aromatic heterocycles. The Bertz CT molecular complexity index is 1100. The Labute approximate surface area is 167 Å². The van der Waals surface area contributed by atoms with Crippen molar-refractivity contribution in [2.45, 2.75) is 11.4 Å². The highest BCUT2D eigenvalue weighted by Gasteiger charge is 2.15. The van der Waals surface area contributed by atoms with E-state index in [1.165, 1.54) is 48.5 Å². The number of carbonyl (C=O) groups is 1. The van der Waals surface area contributed by atoms with Crippen LogP contribution in [0.25, 0.3) is 0 Å². The summed E-state index contributed by atoms with van der Waals surface area (Å²) in [5.41, 5.74) is 1.13. The van der Waals surface area contributed by atoms with Crippen molar-refractivity contribution in [2.24, 2.45) is 0 Å². The molecule has 8 heteroatoms. The maximum Gasteiger partial charge on any atom is 0.261 e. The summed E-state index contributed by atoms with van der Waals surface area (Å²) < 4.78 is 40.5. The van der Waals surface area contributed by atoms with Crippen molar-refractivity contribution in [1.82, 2.24) is 5.32 Å². The molecule has 0 unspecified atom stereocenters. The van der Waals surface area contributed by atoms with Gasteiger partial charge in [-0.3, -0.25) is 9.52 Å². The van der Waals surface area contributed by atoms with Gasteiger partial charge in [-0.2, -0.15) is 0 Å². The third kappa shape index (κ3) is 5.09. The van der Waals surface area contributed by atoms with Gasteiger partial charge in [0.05, 0.1) is 4.90 Å². The smallest absolute Gasteiger partial charge is 0.261 e. The van der Waals surface area contributed by atoms with Gasteiger partial charge < -0.3 is 5.32 Å². The number of carbonyl (C=O) groups excluding carboxylic acids is 1. The van der Waals surface area contributed by atoms with E-state index in [1.54, 1.807) is 24.3 Å². The van der Waals surface area contributed by atoms with Crippen molar-refractivity contribution < 1.29 is 17.6 Å². The lowest BCUT2D eigenvalue weighted by molar-refractivity contribution is 0.0951. The van der Waals surface area contributed by atoms with Crippen LogP contribution in [0.3, 0.4) is 0 Å². The maximum atomic E-state index is 13.2. The van der Waals surface area contributed by atoms with Crippen molar-refractivity contribution >= 4 is 33.2 Å². The van der Waals surface area contributed by atoms with Crippen LogP contribution in [0.15, 0.2) is 77.7 Å². The highest BCUT2D eigenvalue weighted by atomic mass is 35.5. The Morgan fingerprint density at radius 2 is 1.68 bits per heavy atom. The molecule has 0 spiro atoms. The first-order valence-electron chi connectivity index (χ1n) is 8.24. The third-order valence-electron chi connectivity index (χ3n) is 3.84. The number of benzene rings is 3. The van der Waals surface area contributed by atoms with Crippen LogP contribution in [-0.4, -0.2) is 14.3 Å². The average Bonchev–Trinajstić information content (AvgIpc) is 2.66. The topological polar surface area (TPSA) is 75.3 Å². The zero-order valence-corrected chi connectivity index (χ0v) is 16.1. The van der Waals surface area contributed by atoms with Crippen molar-refractivity contribution in [1.29, 1.82) is 0 Å². The van der Waals surface area contributed by atoms with Gasteiger partial charge in [-0.05, 0) is 60.2 Å². The Hall–Kier alpha value is -2.90. The van der Waals surface area contributed by atoms with Gasteiger partial charge in [0, 0.05) is 22.8 Å². The van der Waals surface area contributed by atoms with Crippen molar-refractivity contribution in [3.8, 4) is 0 Å². The van der Waals surface area contributed by atoms with E-state index in [-0.39, 0.29) is 28.5 Å². The molecule has 0 bridgehead atoms. The number of amides is 1. The SMILES string of the molecule is O=C(NCc1cccc(F)c1)c1cccc(NS(=O)(=O)c2ccc(Cl)cc2)c1. The molecule has 2 N–H and O–H groups in total. The molecule has 3 rings (SSSR count). The Morgan fingerprint density at radius 3 is 2.39 bits per heavy atom. The Morgan fingerprint density at radius 1 is 0.964 bits per heavy atom. The fourth-order valence-corrected chi connectivity index (χ4v) is 3.66. The summed E-state index contributed by atoms with van der Waals surface area (Å²) in [4.78, 5) is 12.4. The first kappa shape index (κ1) is 19.9. The van der Waals surface area contributed by atoms with E-state index in [0.717, 1.165) is 0 Å². The highest BCUT2D eigenvalue weighted by molar-refractivity contribution is 7.92. The Balaban J connectivity index is 1.71. The van der Waals surface area contributed by atoms with Crippen LogP contribution < -0.4 is 10.0 Å². The molecule has 0 saturated carbocycles. The second kappa shape index (κ2) is 8.41. The van der Waals surface area contributed by atoms with Crippen LogP contribution in [0.1, 0.15) is 15.9 Å². The van der Waals surface area contributed by atoms with E-state index in [2.05, 4.69) is 10.0 Å². The van der Waals surface area contributed by atoms with E-state index < -0.39 is 15.9 Å². The van der Waals surface area contributed by atoms with Crippen molar-refractivity contribution in [3.05, 3.63) is 94.8 Å². The first-order chi connectivity index (χ1) is 13.3. The number of nitrogens with one attached hydrogen (secondary N) is 2. The monoisotopic (exact) mass is 418 g/mol. The van der Waals surface area contributed by atoms with Crippen LogP contribution in [0.5, 0.6) is 0 Å². The van der Waals surface area contributed by atoms with Gasteiger partial charge in [0.25, 0.3) is 15.9 Å². The highest BCUT2D eigenvalue weighted by Crippen LogP contribution is 2.19. The van der Waals surface area contributed by atoms with Gasteiger partial charge in [-0.25, -0.2) is 12.8 Å². The molecule has 0 aliphatic carbocycles. The first-order valence-corrected chi connectivity index (χ1v) is 10.1. The minimum absolute atomic E-state index is 0.0536. The summed E-state index contributed by atoms with van der Waals surface area (Å²) in [5.74, 6) is -0.790. The van der Waals surface area contributed by atoms with Crippen LogP contribution in [0.4, 0.5) is 10.1 Å². The minimum atomic E-state index is -3.81. The summed E-state index contributed by atoms with van der Waals surface area (Å²) in [5, 5.41) is 3.10. The van der Waals surface area contributed by atoms with Gasteiger partial charge >= 0.3 is 0 Å². The molecule has 0 fully saturated rings. The third-order valence-corrected chi connectivity index (χ3v) is 5.49. The van der Waals surface area contributed by atoms with Gasteiger partial charge in [0.1, 0.15) is 5.82 Å². The van der Waals surface area contributed by atoms with E-state index >= 15 is 0 Å². The molecule has 0 heterocycles. The summed E-state index contributed by atoms with van der Waals surface area (Å²) in [6.45, 7) is 0.150. The number of hydrogen-bond acceptors (Lipinski definition) is 3. The molecule has 144 valence electrons. The second-order valence-electron chi connectivity index (χ2n) is 5.95. The standard InChI is InChI=1S/C20H16ClFN2O3S/c21-16-7-9-19(10-8-16)28(26,27)24-18-6-2-4-15(12-18)20(25)23-13-14-3-1-5-17(22)11-14/h1-12,24H,13H2,(H,23,25). The molecule has 0 saturated heterocycles. The molecule has 28 heavy (non-hydrogen) atoms. The lowest BCUT2D eigenvalue weighted by Crippen LogP contribution is -2.23. The van der Waals surface area contributed by atoms with Gasteiger partial charge in [-0.15, -0.1) is 0 Å². The average molecular weight is 419 g/mol. The van der Waals surface area contributed by atoms with Crippen LogP contribution >= 0.6 is 11.6 Å². The molecule has 1 amide bonds. The molecule has 5 nitrogen and oxygen atoms in total. The summed E-state index contributed by atoms with van der Waals surface area (Å²) in [7, 11) is -3.81. The normalized spacial score (nSPS) is 11.1. The molecular weight excluding hydrogens is 403 g/mol. The predicted octanol–water partition coefficient (Wildman–Crippen LogP) is 4.21. The number of anilines is 1. The molecule has 0 aliphatic heterocycles. The van der Waals surface area contributed by atoms with Crippen LogP contribution in [-0.2, 0) is 16.6 Å². The number of hydrogen-bond donors (Lipinski definition) is 2.